The van der Waals surface area contributed by atoms with Gasteiger partial charge in [-0.05, 0) is 31.6 Å². The van der Waals surface area contributed by atoms with Crippen LogP contribution in [0.5, 0.6) is 0 Å². The molecule has 6 nitrogen and oxygen atoms in total. The molecule has 1 saturated heterocycles. The van der Waals surface area contributed by atoms with Gasteiger partial charge >= 0.3 is 0 Å². The van der Waals surface area contributed by atoms with Crippen LogP contribution in [0, 0.1) is 5.92 Å². The molecule has 1 amide bonds. The summed E-state index contributed by atoms with van der Waals surface area (Å²) in [4.78, 5) is 18.0. The predicted octanol–water partition coefficient (Wildman–Crippen LogP) is 0.550. The molecule has 0 bridgehead atoms. The van der Waals surface area contributed by atoms with Gasteiger partial charge in [-0.3, -0.25) is 14.7 Å². The van der Waals surface area contributed by atoms with Crippen molar-refractivity contribution in [2.45, 2.75) is 51.1 Å². The van der Waals surface area contributed by atoms with E-state index in [0.717, 1.165) is 37.8 Å². The first-order chi connectivity index (χ1) is 10.7. The van der Waals surface area contributed by atoms with Crippen LogP contribution in [0.15, 0.2) is 4.99 Å². The molecule has 1 aliphatic carbocycles. The zero-order valence-electron chi connectivity index (χ0n) is 14.2. The lowest BCUT2D eigenvalue weighted by molar-refractivity contribution is -0.122. The second kappa shape index (κ2) is 8.36. The van der Waals surface area contributed by atoms with Crippen molar-refractivity contribution in [2.24, 2.45) is 10.9 Å². The Morgan fingerprint density at radius 3 is 2.59 bits per heavy atom. The van der Waals surface area contributed by atoms with E-state index in [1.165, 1.54) is 19.3 Å². The Balaban J connectivity index is 1.67. The minimum atomic E-state index is 0.0968. The number of rotatable bonds is 6. The van der Waals surface area contributed by atoms with Crippen molar-refractivity contribution in [3.63, 3.8) is 0 Å². The van der Waals surface area contributed by atoms with Crippen LogP contribution in [0.1, 0.15) is 39.0 Å². The molecule has 1 saturated carbocycles. The van der Waals surface area contributed by atoms with E-state index in [1.54, 1.807) is 7.05 Å². The third-order valence-corrected chi connectivity index (χ3v) is 4.70. The van der Waals surface area contributed by atoms with Crippen molar-refractivity contribution >= 4 is 11.9 Å². The fourth-order valence-corrected chi connectivity index (χ4v) is 3.17. The van der Waals surface area contributed by atoms with Crippen molar-refractivity contribution in [3.05, 3.63) is 0 Å². The quantitative estimate of drug-likeness (QED) is 0.495. The van der Waals surface area contributed by atoms with Gasteiger partial charge in [-0.1, -0.05) is 13.3 Å². The molecule has 0 aromatic heterocycles. The Hall–Kier alpha value is -1.30. The molecule has 0 spiro atoms. The standard InChI is InChI=1S/C16H31N5O/c1-4-5-12-10-14(12)20-16(18-3)19-13-6-8-21(9-7-13)11-15(22)17-2/h12-14H,4-11H2,1-3H3,(H,17,22)(H2,18,19,20). The van der Waals surface area contributed by atoms with Gasteiger partial charge in [-0.2, -0.15) is 0 Å². The SMILES string of the molecule is CCCC1CC1NC(=NC)NC1CCN(CC(=O)NC)CC1. The highest BCUT2D eigenvalue weighted by molar-refractivity contribution is 5.80. The molecule has 1 aliphatic heterocycles. The van der Waals surface area contributed by atoms with Gasteiger partial charge in [0.1, 0.15) is 0 Å². The molecule has 6 heteroatoms. The number of carbonyl (C=O) groups excluding carboxylic acids is 1. The van der Waals surface area contributed by atoms with E-state index in [9.17, 15) is 4.79 Å². The van der Waals surface area contributed by atoms with Gasteiger partial charge in [0.25, 0.3) is 0 Å². The van der Waals surface area contributed by atoms with Crippen molar-refractivity contribution in [3.8, 4) is 0 Å². The van der Waals surface area contributed by atoms with E-state index in [0.29, 0.717) is 18.6 Å². The normalized spacial score (nSPS) is 26.6. The van der Waals surface area contributed by atoms with Crippen molar-refractivity contribution in [2.75, 3.05) is 33.7 Å². The first-order valence-corrected chi connectivity index (χ1v) is 8.59. The molecule has 22 heavy (non-hydrogen) atoms. The first-order valence-electron chi connectivity index (χ1n) is 8.59. The summed E-state index contributed by atoms with van der Waals surface area (Å²) < 4.78 is 0. The number of hydrogen-bond donors (Lipinski definition) is 3. The number of nitrogens with one attached hydrogen (secondary N) is 3. The maximum absolute atomic E-state index is 11.4. The highest BCUT2D eigenvalue weighted by Crippen LogP contribution is 2.34. The molecule has 3 N–H and O–H groups in total. The topological polar surface area (TPSA) is 68.8 Å². The third-order valence-electron chi connectivity index (χ3n) is 4.70. The Labute approximate surface area is 134 Å². The van der Waals surface area contributed by atoms with E-state index in [4.69, 9.17) is 0 Å². The summed E-state index contributed by atoms with van der Waals surface area (Å²) in [6.07, 6.45) is 5.96. The lowest BCUT2D eigenvalue weighted by atomic mass is 10.1. The summed E-state index contributed by atoms with van der Waals surface area (Å²) >= 11 is 0. The number of carbonyl (C=O) groups is 1. The molecule has 0 radical (unpaired) electrons. The van der Waals surface area contributed by atoms with Crippen LogP contribution < -0.4 is 16.0 Å². The average Bonchev–Trinajstić information content (AvgIpc) is 3.26. The number of amides is 1. The molecule has 2 rings (SSSR count). The molecule has 1 heterocycles. The van der Waals surface area contributed by atoms with Gasteiger partial charge in [0.15, 0.2) is 5.96 Å². The molecule has 0 aromatic carbocycles. The Morgan fingerprint density at radius 1 is 1.27 bits per heavy atom. The number of nitrogens with zero attached hydrogens (tertiary/aromatic N) is 2. The van der Waals surface area contributed by atoms with Crippen LogP contribution in [0.2, 0.25) is 0 Å². The number of hydrogen-bond acceptors (Lipinski definition) is 3. The smallest absolute Gasteiger partial charge is 0.233 e. The molecule has 2 atom stereocenters. The Kier molecular flexibility index (Phi) is 6.49. The van der Waals surface area contributed by atoms with E-state index < -0.39 is 0 Å². The molecule has 2 aliphatic rings. The summed E-state index contributed by atoms with van der Waals surface area (Å²) in [5.74, 6) is 1.87. The van der Waals surface area contributed by atoms with Crippen LogP contribution in [0.25, 0.3) is 0 Å². The zero-order valence-corrected chi connectivity index (χ0v) is 14.2. The molecular formula is C16H31N5O. The highest BCUT2D eigenvalue weighted by Gasteiger charge is 2.36. The largest absolute Gasteiger partial charge is 0.358 e. The molecule has 126 valence electrons. The number of aliphatic imine (C=N–C) groups is 1. The summed E-state index contributed by atoms with van der Waals surface area (Å²) in [5.41, 5.74) is 0. The monoisotopic (exact) mass is 309 g/mol. The highest BCUT2D eigenvalue weighted by atomic mass is 16.1. The maximum atomic E-state index is 11.4. The average molecular weight is 309 g/mol. The molecule has 2 unspecified atom stereocenters. The number of piperidine rings is 1. The van der Waals surface area contributed by atoms with E-state index in [-0.39, 0.29) is 5.91 Å². The van der Waals surface area contributed by atoms with Gasteiger partial charge < -0.3 is 16.0 Å². The summed E-state index contributed by atoms with van der Waals surface area (Å²) in [6, 6.07) is 1.06. The van der Waals surface area contributed by atoms with Gasteiger partial charge in [-0.25, -0.2) is 0 Å². The van der Waals surface area contributed by atoms with Crippen molar-refractivity contribution in [1.29, 1.82) is 0 Å². The number of likely N-dealkylation sites (tertiary alicyclic amines) is 1. The van der Waals surface area contributed by atoms with Gasteiger partial charge in [-0.15, -0.1) is 0 Å². The number of likely N-dealkylation sites (N-methyl/N-ethyl adjacent to an activating group) is 1. The summed E-state index contributed by atoms with van der Waals surface area (Å²) in [7, 11) is 3.53. The van der Waals surface area contributed by atoms with E-state index in [1.807, 2.05) is 7.05 Å². The summed E-state index contributed by atoms with van der Waals surface area (Å²) in [6.45, 7) is 4.68. The fraction of sp³-hybridized carbons (Fsp3) is 0.875. The third kappa shape index (κ3) is 5.16. The molecular weight excluding hydrogens is 278 g/mol. The van der Waals surface area contributed by atoms with Crippen LogP contribution in [-0.2, 0) is 4.79 Å². The van der Waals surface area contributed by atoms with Gasteiger partial charge in [0, 0.05) is 39.3 Å². The van der Waals surface area contributed by atoms with Gasteiger partial charge in [0.05, 0.1) is 6.54 Å². The Bertz CT molecular complexity index is 390. The van der Waals surface area contributed by atoms with Crippen LogP contribution >= 0.6 is 0 Å². The lowest BCUT2D eigenvalue weighted by Crippen LogP contribution is -2.50. The van der Waals surface area contributed by atoms with Gasteiger partial charge in [0.2, 0.25) is 5.91 Å². The zero-order chi connectivity index (χ0) is 15.9. The van der Waals surface area contributed by atoms with Crippen LogP contribution in [0.4, 0.5) is 0 Å². The van der Waals surface area contributed by atoms with Crippen LogP contribution in [-0.4, -0.2) is 62.6 Å². The first kappa shape index (κ1) is 17.1. The van der Waals surface area contributed by atoms with Crippen molar-refractivity contribution in [1.82, 2.24) is 20.9 Å². The minimum absolute atomic E-state index is 0.0968. The van der Waals surface area contributed by atoms with E-state index in [2.05, 4.69) is 32.8 Å². The van der Waals surface area contributed by atoms with Crippen molar-refractivity contribution < 1.29 is 4.79 Å². The second-order valence-corrected chi connectivity index (χ2v) is 6.48. The maximum Gasteiger partial charge on any atom is 0.233 e. The minimum Gasteiger partial charge on any atom is -0.358 e. The second-order valence-electron chi connectivity index (χ2n) is 6.48. The van der Waals surface area contributed by atoms with E-state index >= 15 is 0 Å². The lowest BCUT2D eigenvalue weighted by Gasteiger charge is -2.32. The molecule has 2 fully saturated rings. The predicted molar refractivity (Wildman–Crippen MR) is 90.0 cm³/mol. The Morgan fingerprint density at radius 2 is 2.00 bits per heavy atom. The van der Waals surface area contributed by atoms with Crippen LogP contribution in [0.3, 0.4) is 0 Å². The number of guanidine groups is 1. The fourth-order valence-electron chi connectivity index (χ4n) is 3.17. The summed E-state index contributed by atoms with van der Waals surface area (Å²) in [5, 5.41) is 9.76. The molecule has 0 aromatic rings.